The van der Waals surface area contributed by atoms with Crippen molar-refractivity contribution in [2.24, 2.45) is 0 Å². The molecule has 120 valence electrons. The molecule has 0 bridgehead atoms. The molecule has 0 aliphatic rings. The molecule has 0 fully saturated rings. The highest BCUT2D eigenvalue weighted by Gasteiger charge is 2.14. The van der Waals surface area contributed by atoms with Crippen molar-refractivity contribution < 1.29 is 19.1 Å². The van der Waals surface area contributed by atoms with Gasteiger partial charge in [-0.3, -0.25) is 10.1 Å². The lowest BCUT2D eigenvalue weighted by Crippen LogP contribution is -2.44. The number of amides is 3. The molecular formula is C16H22N2O4. The van der Waals surface area contributed by atoms with Gasteiger partial charge in [0.25, 0.3) is 5.91 Å². The highest BCUT2D eigenvalue weighted by atomic mass is 16.5. The first-order valence-corrected chi connectivity index (χ1v) is 7.18. The van der Waals surface area contributed by atoms with Gasteiger partial charge in [-0.1, -0.05) is 24.6 Å². The molecule has 0 aliphatic heterocycles. The number of nitrogens with one attached hydrogen (secondary N) is 2. The van der Waals surface area contributed by atoms with Crippen LogP contribution in [-0.2, 0) is 9.53 Å². The fourth-order valence-corrected chi connectivity index (χ4v) is 1.78. The van der Waals surface area contributed by atoms with Crippen LogP contribution in [0, 0.1) is 13.8 Å². The Hall–Kier alpha value is -2.37. The molecule has 1 atom stereocenters. The summed E-state index contributed by atoms with van der Waals surface area (Å²) in [6.07, 6.45) is 0.753. The number of rotatable bonds is 5. The second kappa shape index (κ2) is 8.17. The van der Waals surface area contributed by atoms with E-state index in [1.807, 2.05) is 26.8 Å². The Labute approximate surface area is 130 Å². The second-order valence-electron chi connectivity index (χ2n) is 5.23. The lowest BCUT2D eigenvalue weighted by molar-refractivity contribution is -0.123. The van der Waals surface area contributed by atoms with E-state index in [0.29, 0.717) is 5.56 Å². The van der Waals surface area contributed by atoms with Crippen LogP contribution in [0.3, 0.4) is 0 Å². The van der Waals surface area contributed by atoms with Crippen LogP contribution in [0.25, 0.3) is 0 Å². The van der Waals surface area contributed by atoms with Crippen LogP contribution >= 0.6 is 0 Å². The number of ether oxygens (including phenoxy) is 1. The van der Waals surface area contributed by atoms with Crippen LogP contribution in [0.1, 0.15) is 41.8 Å². The summed E-state index contributed by atoms with van der Waals surface area (Å²) in [6, 6.07) is 4.67. The Balaban J connectivity index is 2.46. The van der Waals surface area contributed by atoms with Crippen LogP contribution in [-0.4, -0.2) is 30.6 Å². The molecule has 0 heterocycles. The topological polar surface area (TPSA) is 84.5 Å². The highest BCUT2D eigenvalue weighted by Crippen LogP contribution is 2.11. The van der Waals surface area contributed by atoms with Crippen molar-refractivity contribution >= 4 is 17.9 Å². The highest BCUT2D eigenvalue weighted by molar-refractivity contribution is 5.97. The van der Waals surface area contributed by atoms with Gasteiger partial charge >= 0.3 is 12.0 Å². The van der Waals surface area contributed by atoms with Gasteiger partial charge in [0.15, 0.2) is 6.61 Å². The number of carbonyl (C=O) groups excluding carboxylic acids is 3. The molecule has 2 N–H and O–H groups in total. The van der Waals surface area contributed by atoms with Crippen molar-refractivity contribution in [1.82, 2.24) is 10.6 Å². The van der Waals surface area contributed by atoms with Gasteiger partial charge in [-0.2, -0.15) is 0 Å². The van der Waals surface area contributed by atoms with Crippen molar-refractivity contribution in [2.45, 2.75) is 40.2 Å². The first-order chi connectivity index (χ1) is 10.3. The number of imide groups is 1. The summed E-state index contributed by atoms with van der Waals surface area (Å²) in [5, 5.41) is 4.69. The van der Waals surface area contributed by atoms with Crippen LogP contribution in [0.5, 0.6) is 0 Å². The van der Waals surface area contributed by atoms with Crippen molar-refractivity contribution in [3.05, 3.63) is 34.9 Å². The summed E-state index contributed by atoms with van der Waals surface area (Å²) in [5.41, 5.74) is 2.22. The largest absolute Gasteiger partial charge is 0.452 e. The summed E-state index contributed by atoms with van der Waals surface area (Å²) in [4.78, 5) is 34.9. The summed E-state index contributed by atoms with van der Waals surface area (Å²) in [7, 11) is 0. The zero-order valence-electron chi connectivity index (χ0n) is 13.4. The van der Waals surface area contributed by atoms with E-state index < -0.39 is 24.5 Å². The van der Waals surface area contributed by atoms with E-state index in [-0.39, 0.29) is 6.04 Å². The number of carbonyl (C=O) groups is 3. The number of aryl methyl sites for hydroxylation is 2. The minimum absolute atomic E-state index is 0.0365. The maximum absolute atomic E-state index is 11.9. The first kappa shape index (κ1) is 17.7. The Morgan fingerprint density at radius 3 is 2.50 bits per heavy atom. The quantitative estimate of drug-likeness (QED) is 0.816. The number of esters is 1. The van der Waals surface area contributed by atoms with Gasteiger partial charge in [0.1, 0.15) is 0 Å². The molecule has 0 saturated heterocycles. The maximum atomic E-state index is 11.9. The molecule has 1 aromatic rings. The third-order valence-corrected chi connectivity index (χ3v) is 3.18. The van der Waals surface area contributed by atoms with Gasteiger partial charge < -0.3 is 10.1 Å². The second-order valence-corrected chi connectivity index (χ2v) is 5.23. The molecule has 1 rings (SSSR count). The van der Waals surface area contributed by atoms with Crippen molar-refractivity contribution in [1.29, 1.82) is 0 Å². The fraction of sp³-hybridized carbons (Fsp3) is 0.438. The minimum atomic E-state index is -0.668. The Morgan fingerprint density at radius 1 is 1.23 bits per heavy atom. The molecule has 0 aromatic heterocycles. The van der Waals surface area contributed by atoms with Gasteiger partial charge in [0.05, 0.1) is 5.56 Å². The minimum Gasteiger partial charge on any atom is -0.452 e. The lowest BCUT2D eigenvalue weighted by Gasteiger charge is -2.12. The molecule has 0 saturated carbocycles. The van der Waals surface area contributed by atoms with E-state index in [1.54, 1.807) is 19.1 Å². The van der Waals surface area contributed by atoms with Gasteiger partial charge in [0.2, 0.25) is 0 Å². The molecule has 0 aliphatic carbocycles. The van der Waals surface area contributed by atoms with Crippen LogP contribution in [0.2, 0.25) is 0 Å². The van der Waals surface area contributed by atoms with E-state index in [1.165, 1.54) is 0 Å². The van der Waals surface area contributed by atoms with Crippen LogP contribution < -0.4 is 10.6 Å². The summed E-state index contributed by atoms with van der Waals surface area (Å²) < 4.78 is 4.91. The Morgan fingerprint density at radius 2 is 1.91 bits per heavy atom. The molecule has 0 spiro atoms. The van der Waals surface area contributed by atoms with Crippen LogP contribution in [0.4, 0.5) is 4.79 Å². The maximum Gasteiger partial charge on any atom is 0.338 e. The van der Waals surface area contributed by atoms with Crippen LogP contribution in [0.15, 0.2) is 18.2 Å². The van der Waals surface area contributed by atoms with E-state index in [9.17, 15) is 14.4 Å². The summed E-state index contributed by atoms with van der Waals surface area (Å²) >= 11 is 0. The van der Waals surface area contributed by atoms with Gasteiger partial charge in [-0.15, -0.1) is 0 Å². The fourth-order valence-electron chi connectivity index (χ4n) is 1.78. The molecule has 6 heteroatoms. The number of hydrogen-bond donors (Lipinski definition) is 2. The molecule has 0 unspecified atom stereocenters. The Kier molecular flexibility index (Phi) is 6.56. The summed E-state index contributed by atoms with van der Waals surface area (Å²) in [5.74, 6) is -1.26. The van der Waals surface area contributed by atoms with Crippen molar-refractivity contribution in [3.8, 4) is 0 Å². The zero-order valence-corrected chi connectivity index (χ0v) is 13.4. The predicted octanol–water partition coefficient (Wildman–Crippen LogP) is 2.08. The van der Waals surface area contributed by atoms with Crippen molar-refractivity contribution in [3.63, 3.8) is 0 Å². The zero-order chi connectivity index (χ0) is 16.7. The lowest BCUT2D eigenvalue weighted by atomic mass is 10.1. The van der Waals surface area contributed by atoms with Crippen molar-refractivity contribution in [2.75, 3.05) is 6.61 Å². The molecular weight excluding hydrogens is 284 g/mol. The average Bonchev–Trinajstić information content (AvgIpc) is 2.44. The van der Waals surface area contributed by atoms with E-state index in [2.05, 4.69) is 10.6 Å². The average molecular weight is 306 g/mol. The standard InChI is InChI=1S/C16H22N2O4/c1-5-12(4)17-16(21)18-14(19)9-22-15(20)13-7-6-10(2)8-11(13)3/h6-8,12H,5,9H2,1-4H3,(H2,17,18,19,21)/t12-/m1/s1. The van der Waals surface area contributed by atoms with Gasteiger partial charge in [-0.25, -0.2) is 9.59 Å². The molecule has 1 aromatic carbocycles. The smallest absolute Gasteiger partial charge is 0.338 e. The van der Waals surface area contributed by atoms with E-state index in [4.69, 9.17) is 4.74 Å². The monoisotopic (exact) mass is 306 g/mol. The molecule has 3 amide bonds. The molecule has 0 radical (unpaired) electrons. The number of benzene rings is 1. The van der Waals surface area contributed by atoms with E-state index in [0.717, 1.165) is 17.5 Å². The molecule has 22 heavy (non-hydrogen) atoms. The third kappa shape index (κ3) is 5.55. The number of hydrogen-bond acceptors (Lipinski definition) is 4. The van der Waals surface area contributed by atoms with E-state index >= 15 is 0 Å². The Bertz CT molecular complexity index is 569. The first-order valence-electron chi connectivity index (χ1n) is 7.18. The normalized spacial score (nSPS) is 11.5. The number of urea groups is 1. The molecule has 6 nitrogen and oxygen atoms in total. The van der Waals surface area contributed by atoms with Gasteiger partial charge in [-0.05, 0) is 38.8 Å². The third-order valence-electron chi connectivity index (χ3n) is 3.18. The SMILES string of the molecule is CC[C@@H](C)NC(=O)NC(=O)COC(=O)c1ccc(C)cc1C. The van der Waals surface area contributed by atoms with Gasteiger partial charge in [0, 0.05) is 6.04 Å². The summed E-state index contributed by atoms with van der Waals surface area (Å²) in [6.45, 7) is 6.96. The predicted molar refractivity (Wildman–Crippen MR) is 82.6 cm³/mol.